The molecule has 0 aliphatic carbocycles. The van der Waals surface area contributed by atoms with Crippen LogP contribution in [-0.4, -0.2) is 47.3 Å². The van der Waals surface area contributed by atoms with Crippen LogP contribution in [0.4, 0.5) is 21.8 Å². The quantitative estimate of drug-likeness (QED) is 0.357. The molecule has 2 heterocycles. The first-order chi connectivity index (χ1) is 16.8. The largest absolute Gasteiger partial charge is 0.506 e. The van der Waals surface area contributed by atoms with Gasteiger partial charge in [-0.05, 0) is 34.1 Å². The maximum atomic E-state index is 14.2. The third kappa shape index (κ3) is 5.87. The van der Waals surface area contributed by atoms with Crippen LogP contribution < -0.4 is 10.2 Å². The van der Waals surface area contributed by atoms with Crippen molar-refractivity contribution in [1.82, 2.24) is 9.97 Å². The third-order valence-electron chi connectivity index (χ3n) is 5.05. The molecule has 1 aromatic heterocycles. The maximum Gasteiger partial charge on any atom is 0.270 e. The number of morpholine rings is 1. The second kappa shape index (κ2) is 11.3. The molecule has 1 aliphatic heterocycles. The summed E-state index contributed by atoms with van der Waals surface area (Å²) in [5.41, 5.74) is 0.729. The van der Waals surface area contributed by atoms with E-state index in [9.17, 15) is 14.3 Å². The number of hydrogen-bond donors (Lipinski definition) is 2. The molecule has 35 heavy (non-hydrogen) atoms. The predicted octanol–water partition coefficient (Wildman–Crippen LogP) is 5.76. The zero-order valence-electron chi connectivity index (χ0n) is 18.0. The van der Waals surface area contributed by atoms with Gasteiger partial charge < -0.3 is 20.1 Å². The van der Waals surface area contributed by atoms with Crippen molar-refractivity contribution in [3.8, 4) is 5.75 Å². The van der Waals surface area contributed by atoms with E-state index in [1.54, 1.807) is 29.2 Å². The average molecular weight is 584 g/mol. The molecule has 182 valence electrons. The second-order valence-corrected chi connectivity index (χ2v) is 8.97. The van der Waals surface area contributed by atoms with Crippen molar-refractivity contribution in [2.75, 3.05) is 36.5 Å². The number of amides is 1. The highest BCUT2D eigenvalue weighted by Gasteiger charge is 2.22. The molecule has 1 saturated heterocycles. The monoisotopic (exact) mass is 582 g/mol. The lowest BCUT2D eigenvalue weighted by Gasteiger charge is -2.27. The molecule has 0 spiro atoms. The molecular formula is C22H18BrCl2FN6O3. The van der Waals surface area contributed by atoms with Gasteiger partial charge in [0, 0.05) is 23.1 Å². The summed E-state index contributed by atoms with van der Waals surface area (Å²) >= 11 is 15.7. The highest BCUT2D eigenvalue weighted by molar-refractivity contribution is 9.10. The fraction of sp³-hybridized carbons (Fsp3) is 0.227. The Morgan fingerprint density at radius 2 is 2.03 bits per heavy atom. The Hall–Kier alpha value is -2.86. The topological polar surface area (TPSA) is 112 Å². The molecule has 9 nitrogen and oxygen atoms in total. The van der Waals surface area contributed by atoms with Crippen LogP contribution in [0.15, 0.2) is 51.2 Å². The first-order valence-electron chi connectivity index (χ1n) is 10.3. The van der Waals surface area contributed by atoms with E-state index < -0.39 is 11.7 Å². The number of hydrogen-bond acceptors (Lipinski definition) is 8. The van der Waals surface area contributed by atoms with E-state index >= 15 is 0 Å². The van der Waals surface area contributed by atoms with E-state index in [1.165, 1.54) is 6.07 Å². The molecule has 1 amide bonds. The smallest absolute Gasteiger partial charge is 0.270 e. The van der Waals surface area contributed by atoms with E-state index in [1.807, 2.05) is 0 Å². The average Bonchev–Trinajstić information content (AvgIpc) is 2.85. The predicted molar refractivity (Wildman–Crippen MR) is 133 cm³/mol. The van der Waals surface area contributed by atoms with E-state index in [4.69, 9.17) is 27.9 Å². The molecule has 4 rings (SSSR count). The number of para-hydroxylation sites is 1. The van der Waals surface area contributed by atoms with Gasteiger partial charge in [0.1, 0.15) is 5.75 Å². The Balaban J connectivity index is 1.50. The molecule has 1 aliphatic rings. The third-order valence-corrected chi connectivity index (χ3v) is 6.37. The van der Waals surface area contributed by atoms with Gasteiger partial charge in [0.05, 0.1) is 47.3 Å². The number of carbonyl (C=O) groups excluding carboxylic acids is 1. The van der Waals surface area contributed by atoms with Crippen molar-refractivity contribution >= 4 is 62.5 Å². The molecule has 0 radical (unpaired) electrons. The highest BCUT2D eigenvalue weighted by atomic mass is 79.9. The lowest BCUT2D eigenvalue weighted by atomic mass is 10.1. The Bertz CT molecular complexity index is 1290. The summed E-state index contributed by atoms with van der Waals surface area (Å²) in [6.07, 6.45) is 1.03. The summed E-state index contributed by atoms with van der Waals surface area (Å²) < 4.78 is 19.8. The first-order valence-corrected chi connectivity index (χ1v) is 11.9. The maximum absolute atomic E-state index is 14.2. The Kier molecular flexibility index (Phi) is 8.11. The highest BCUT2D eigenvalue weighted by Crippen LogP contribution is 2.37. The van der Waals surface area contributed by atoms with Gasteiger partial charge in [0.25, 0.3) is 11.9 Å². The number of aromatic nitrogens is 2. The fourth-order valence-corrected chi connectivity index (χ4v) is 4.56. The normalized spacial score (nSPS) is 13.9. The van der Waals surface area contributed by atoms with Gasteiger partial charge in [0.2, 0.25) is 0 Å². The van der Waals surface area contributed by atoms with Crippen LogP contribution in [0.2, 0.25) is 10.0 Å². The van der Waals surface area contributed by atoms with Crippen molar-refractivity contribution in [3.63, 3.8) is 0 Å². The molecule has 0 saturated carbocycles. The number of halogens is 4. The van der Waals surface area contributed by atoms with Crippen molar-refractivity contribution in [1.29, 1.82) is 0 Å². The van der Waals surface area contributed by atoms with Crippen molar-refractivity contribution in [2.45, 2.75) is 6.54 Å². The number of carbonyl (C=O) groups is 1. The van der Waals surface area contributed by atoms with Crippen molar-refractivity contribution in [3.05, 3.63) is 68.0 Å². The Labute approximate surface area is 218 Å². The van der Waals surface area contributed by atoms with E-state index in [2.05, 4.69) is 41.4 Å². The van der Waals surface area contributed by atoms with Gasteiger partial charge in [-0.1, -0.05) is 35.3 Å². The van der Waals surface area contributed by atoms with Crippen LogP contribution in [0.3, 0.4) is 0 Å². The van der Waals surface area contributed by atoms with Crippen LogP contribution in [0, 0.1) is 5.82 Å². The molecule has 3 aromatic rings. The number of nitrogens with zero attached hydrogens (tertiary/aromatic N) is 5. The number of anilines is 2. The number of azo groups is 1. The minimum atomic E-state index is -0.565. The number of phenols is 1. The number of ether oxygens (including phenoxy) is 1. The lowest BCUT2D eigenvalue weighted by Crippen LogP contribution is -2.37. The Morgan fingerprint density at radius 1 is 1.29 bits per heavy atom. The zero-order valence-corrected chi connectivity index (χ0v) is 21.1. The van der Waals surface area contributed by atoms with E-state index in [0.29, 0.717) is 47.0 Å². The van der Waals surface area contributed by atoms with Crippen LogP contribution >= 0.6 is 39.1 Å². The van der Waals surface area contributed by atoms with Crippen LogP contribution in [0.5, 0.6) is 5.75 Å². The summed E-state index contributed by atoms with van der Waals surface area (Å²) in [5.74, 6) is -1.36. The first kappa shape index (κ1) is 25.2. The van der Waals surface area contributed by atoms with Gasteiger partial charge in [0.15, 0.2) is 11.6 Å². The van der Waals surface area contributed by atoms with Crippen molar-refractivity contribution < 1.29 is 19.0 Å². The SMILES string of the molecule is O=C(Nc1ccccc1Cl)c1c(Br)cc(CN=Nc2ncc(F)c(N3CCOCC3)n2)c(O)c1Cl. The zero-order chi connectivity index (χ0) is 24.9. The standard InChI is InChI=1S/C22H18BrCl2FN6O3/c23-13-9-12(19(33)18(25)17(13)21(34)29-16-4-2-1-3-14(16)24)10-28-31-22-27-11-15(26)20(30-22)32-5-7-35-8-6-32/h1-4,9,11,33H,5-8,10H2,(H,29,34). The summed E-state index contributed by atoms with van der Waals surface area (Å²) in [6, 6.07) is 8.23. The number of rotatable bonds is 6. The van der Waals surface area contributed by atoms with Crippen LogP contribution in [0.25, 0.3) is 0 Å². The number of nitrogens with one attached hydrogen (secondary N) is 1. The van der Waals surface area contributed by atoms with Crippen LogP contribution in [0.1, 0.15) is 15.9 Å². The van der Waals surface area contributed by atoms with Gasteiger partial charge in [-0.15, -0.1) is 5.11 Å². The Morgan fingerprint density at radius 3 is 2.77 bits per heavy atom. The molecule has 0 bridgehead atoms. The summed E-state index contributed by atoms with van der Waals surface area (Å²) in [7, 11) is 0. The molecule has 0 unspecified atom stereocenters. The summed E-state index contributed by atoms with van der Waals surface area (Å²) in [5, 5.41) is 21.3. The second-order valence-electron chi connectivity index (χ2n) is 7.33. The molecular weight excluding hydrogens is 566 g/mol. The lowest BCUT2D eigenvalue weighted by molar-refractivity contribution is 0.102. The van der Waals surface area contributed by atoms with Gasteiger partial charge in [-0.2, -0.15) is 10.1 Å². The van der Waals surface area contributed by atoms with Gasteiger partial charge in [-0.25, -0.2) is 9.37 Å². The molecule has 13 heteroatoms. The molecule has 1 fully saturated rings. The molecule has 2 aromatic carbocycles. The van der Waals surface area contributed by atoms with Crippen molar-refractivity contribution in [2.24, 2.45) is 10.2 Å². The fourth-order valence-electron chi connectivity index (χ4n) is 3.30. The van der Waals surface area contributed by atoms with E-state index in [0.717, 1.165) is 6.20 Å². The molecule has 0 atom stereocenters. The number of benzene rings is 2. The van der Waals surface area contributed by atoms with Gasteiger partial charge in [-0.3, -0.25) is 4.79 Å². The minimum absolute atomic E-state index is 0.0294. The van der Waals surface area contributed by atoms with E-state index in [-0.39, 0.29) is 34.6 Å². The summed E-state index contributed by atoms with van der Waals surface area (Å²) in [4.78, 5) is 22.5. The summed E-state index contributed by atoms with van der Waals surface area (Å²) in [6.45, 7) is 1.86. The van der Waals surface area contributed by atoms with Gasteiger partial charge >= 0.3 is 0 Å². The number of phenolic OH excluding ortho intramolecular Hbond substituents is 1. The molecule has 2 N–H and O–H groups in total. The van der Waals surface area contributed by atoms with Crippen LogP contribution in [-0.2, 0) is 11.3 Å². The number of aromatic hydroxyl groups is 1. The minimum Gasteiger partial charge on any atom is -0.506 e.